The maximum atomic E-state index is 12.7. The van der Waals surface area contributed by atoms with Gasteiger partial charge in [0.1, 0.15) is 11.5 Å². The van der Waals surface area contributed by atoms with Crippen LogP contribution in [0.5, 0.6) is 17.2 Å². The molecule has 1 aromatic heterocycles. The van der Waals surface area contributed by atoms with Gasteiger partial charge in [-0.2, -0.15) is 0 Å². The molecule has 0 aliphatic carbocycles. The number of fused-ring (bicyclic) bond motifs is 1. The van der Waals surface area contributed by atoms with Gasteiger partial charge in [-0.25, -0.2) is 4.98 Å². The molecule has 1 N–H and O–H groups in total. The van der Waals surface area contributed by atoms with Gasteiger partial charge in [0.2, 0.25) is 0 Å². The van der Waals surface area contributed by atoms with E-state index in [0.29, 0.717) is 29.4 Å². The second kappa shape index (κ2) is 8.10. The Labute approximate surface area is 166 Å². The van der Waals surface area contributed by atoms with Crippen molar-refractivity contribution in [2.75, 3.05) is 11.9 Å². The molecule has 0 radical (unpaired) electrons. The summed E-state index contributed by atoms with van der Waals surface area (Å²) in [4.78, 5) is 16.9. The zero-order chi connectivity index (χ0) is 19.3. The number of aromatic nitrogens is 1. The van der Waals surface area contributed by atoms with Crippen LogP contribution in [0.4, 0.5) is 5.69 Å². The maximum Gasteiger partial charge on any atom is 0.255 e. The van der Waals surface area contributed by atoms with E-state index in [4.69, 9.17) is 9.47 Å². The summed E-state index contributed by atoms with van der Waals surface area (Å²) >= 11 is 1.51. The molecule has 0 fully saturated rings. The van der Waals surface area contributed by atoms with Crippen molar-refractivity contribution in [2.45, 2.75) is 6.92 Å². The number of nitrogens with one attached hydrogen (secondary N) is 1. The summed E-state index contributed by atoms with van der Waals surface area (Å²) < 4.78 is 12.4. The van der Waals surface area contributed by atoms with Crippen molar-refractivity contribution < 1.29 is 14.3 Å². The molecule has 0 atom stereocenters. The van der Waals surface area contributed by atoms with Gasteiger partial charge in [0.15, 0.2) is 5.75 Å². The quantitative estimate of drug-likeness (QED) is 0.456. The van der Waals surface area contributed by atoms with Crippen molar-refractivity contribution >= 4 is 33.1 Å². The molecule has 5 nitrogen and oxygen atoms in total. The lowest BCUT2D eigenvalue weighted by atomic mass is 10.2. The van der Waals surface area contributed by atoms with Crippen LogP contribution < -0.4 is 14.8 Å². The van der Waals surface area contributed by atoms with Crippen molar-refractivity contribution in [3.05, 3.63) is 77.8 Å². The highest BCUT2D eigenvalue weighted by atomic mass is 32.1. The first-order valence-electron chi connectivity index (χ1n) is 8.87. The highest BCUT2D eigenvalue weighted by Crippen LogP contribution is 2.31. The number of hydrogen-bond acceptors (Lipinski definition) is 5. The van der Waals surface area contributed by atoms with Gasteiger partial charge in [-0.3, -0.25) is 4.79 Å². The molecule has 0 bridgehead atoms. The van der Waals surface area contributed by atoms with Crippen LogP contribution >= 0.6 is 11.3 Å². The third-order valence-electron chi connectivity index (χ3n) is 4.09. The monoisotopic (exact) mass is 390 g/mol. The van der Waals surface area contributed by atoms with E-state index in [1.165, 1.54) is 11.3 Å². The molecule has 4 aromatic rings. The molecule has 0 saturated heterocycles. The lowest BCUT2D eigenvalue weighted by Crippen LogP contribution is -2.12. The average Bonchev–Trinajstić information content (AvgIpc) is 3.19. The fraction of sp³-hybridized carbons (Fsp3) is 0.0909. The van der Waals surface area contributed by atoms with Crippen molar-refractivity contribution in [2.24, 2.45) is 0 Å². The molecule has 0 saturated carbocycles. The van der Waals surface area contributed by atoms with Crippen molar-refractivity contribution in [1.82, 2.24) is 4.98 Å². The van der Waals surface area contributed by atoms with E-state index in [9.17, 15) is 4.79 Å². The molecule has 140 valence electrons. The summed E-state index contributed by atoms with van der Waals surface area (Å²) in [5.41, 5.74) is 3.84. The van der Waals surface area contributed by atoms with Crippen LogP contribution in [0.1, 0.15) is 17.3 Å². The predicted molar refractivity (Wildman–Crippen MR) is 112 cm³/mol. The number of benzene rings is 3. The number of thiazole rings is 1. The number of anilines is 1. The molecule has 1 heterocycles. The largest absolute Gasteiger partial charge is 0.494 e. The van der Waals surface area contributed by atoms with E-state index < -0.39 is 0 Å². The maximum absolute atomic E-state index is 12.7. The van der Waals surface area contributed by atoms with Gasteiger partial charge in [0.05, 0.1) is 28.0 Å². The fourth-order valence-electron chi connectivity index (χ4n) is 2.75. The first-order chi connectivity index (χ1) is 13.7. The van der Waals surface area contributed by atoms with Gasteiger partial charge in [-0.05, 0) is 61.5 Å². The summed E-state index contributed by atoms with van der Waals surface area (Å²) in [5.74, 6) is 1.82. The van der Waals surface area contributed by atoms with Crippen molar-refractivity contribution in [3.8, 4) is 17.2 Å². The van der Waals surface area contributed by atoms with Crippen molar-refractivity contribution in [1.29, 1.82) is 0 Å². The van der Waals surface area contributed by atoms with Crippen LogP contribution in [0.25, 0.3) is 10.2 Å². The Balaban J connectivity index is 1.52. The van der Waals surface area contributed by atoms with Gasteiger partial charge >= 0.3 is 0 Å². The Morgan fingerprint density at radius 2 is 1.82 bits per heavy atom. The van der Waals surface area contributed by atoms with Crippen LogP contribution in [0.15, 0.2) is 72.2 Å². The first-order valence-corrected chi connectivity index (χ1v) is 9.75. The van der Waals surface area contributed by atoms with E-state index in [2.05, 4.69) is 10.3 Å². The van der Waals surface area contributed by atoms with E-state index >= 15 is 0 Å². The average molecular weight is 390 g/mol. The summed E-state index contributed by atoms with van der Waals surface area (Å²) in [6.07, 6.45) is 0. The van der Waals surface area contributed by atoms with Gasteiger partial charge in [-0.1, -0.05) is 12.1 Å². The third kappa shape index (κ3) is 3.97. The van der Waals surface area contributed by atoms with Crippen LogP contribution in [-0.4, -0.2) is 17.5 Å². The summed E-state index contributed by atoms with van der Waals surface area (Å²) in [6.45, 7) is 2.55. The molecule has 0 spiro atoms. The number of carbonyl (C=O) groups excluding carboxylic acids is 1. The van der Waals surface area contributed by atoms with Crippen LogP contribution in [-0.2, 0) is 0 Å². The number of ether oxygens (including phenoxy) is 2. The highest BCUT2D eigenvalue weighted by molar-refractivity contribution is 7.16. The molecule has 1 amide bonds. The first kappa shape index (κ1) is 18.0. The van der Waals surface area contributed by atoms with Gasteiger partial charge in [0.25, 0.3) is 5.91 Å². The summed E-state index contributed by atoms with van der Waals surface area (Å²) in [5, 5.41) is 2.93. The smallest absolute Gasteiger partial charge is 0.255 e. The molecule has 0 aliphatic heterocycles. The molecule has 0 aliphatic rings. The fourth-order valence-corrected chi connectivity index (χ4v) is 3.46. The van der Waals surface area contributed by atoms with Gasteiger partial charge in [-0.15, -0.1) is 11.3 Å². The Bertz CT molecular complexity index is 1110. The number of rotatable bonds is 6. The predicted octanol–water partition coefficient (Wildman–Crippen LogP) is 5.74. The van der Waals surface area contributed by atoms with E-state index in [0.717, 1.165) is 16.0 Å². The lowest BCUT2D eigenvalue weighted by Gasteiger charge is -2.13. The molecule has 6 heteroatoms. The standard InChI is InChI=1S/C22H18N2O3S/c1-2-26-16-8-10-17(11-9-16)27-20-6-4-3-5-18(20)24-22(25)15-7-12-19-21(13-15)28-14-23-19/h3-14H,2H2,1H3,(H,24,25). The third-order valence-corrected chi connectivity index (χ3v) is 4.88. The van der Waals surface area contributed by atoms with Crippen molar-refractivity contribution in [3.63, 3.8) is 0 Å². The van der Waals surface area contributed by atoms with Crippen LogP contribution in [0.3, 0.4) is 0 Å². The zero-order valence-electron chi connectivity index (χ0n) is 15.2. The SMILES string of the molecule is CCOc1ccc(Oc2ccccc2NC(=O)c2ccc3ncsc3c2)cc1. The van der Waals surface area contributed by atoms with Crippen LogP contribution in [0, 0.1) is 0 Å². The highest BCUT2D eigenvalue weighted by Gasteiger charge is 2.12. The number of hydrogen-bond donors (Lipinski definition) is 1. The molecular formula is C22H18N2O3S. The molecule has 0 unspecified atom stereocenters. The van der Waals surface area contributed by atoms with Gasteiger partial charge < -0.3 is 14.8 Å². The molecule has 4 rings (SSSR count). The topological polar surface area (TPSA) is 60.5 Å². The summed E-state index contributed by atoms with van der Waals surface area (Å²) in [6, 6.07) is 20.2. The minimum atomic E-state index is -0.196. The second-order valence-electron chi connectivity index (χ2n) is 5.99. The Morgan fingerprint density at radius 1 is 1.04 bits per heavy atom. The lowest BCUT2D eigenvalue weighted by molar-refractivity contribution is 0.102. The van der Waals surface area contributed by atoms with E-state index in [1.54, 1.807) is 11.6 Å². The minimum Gasteiger partial charge on any atom is -0.494 e. The molecular weight excluding hydrogens is 372 g/mol. The summed E-state index contributed by atoms with van der Waals surface area (Å²) in [7, 11) is 0. The second-order valence-corrected chi connectivity index (χ2v) is 6.88. The number of amides is 1. The Hall–Kier alpha value is -3.38. The van der Waals surface area contributed by atoms with E-state index in [-0.39, 0.29) is 5.91 Å². The molecule has 28 heavy (non-hydrogen) atoms. The number of nitrogens with zero attached hydrogens (tertiary/aromatic N) is 1. The minimum absolute atomic E-state index is 0.196. The number of carbonyl (C=O) groups is 1. The molecule has 3 aromatic carbocycles. The Kier molecular flexibility index (Phi) is 5.21. The number of para-hydroxylation sites is 2. The normalized spacial score (nSPS) is 10.6. The van der Waals surface area contributed by atoms with Crippen LogP contribution in [0.2, 0.25) is 0 Å². The zero-order valence-corrected chi connectivity index (χ0v) is 16.0. The van der Waals surface area contributed by atoms with Gasteiger partial charge in [0, 0.05) is 5.56 Å². The Morgan fingerprint density at radius 3 is 2.64 bits per heavy atom. The van der Waals surface area contributed by atoms with E-state index in [1.807, 2.05) is 67.6 Å².